The zero-order chi connectivity index (χ0) is 10.6. The summed E-state index contributed by atoms with van der Waals surface area (Å²) in [6, 6.07) is 4.03. The number of aryl methyl sites for hydroxylation is 1. The molecule has 1 amide bonds. The number of hydrogen-bond acceptors (Lipinski definition) is 3. The number of benzene rings is 1. The van der Waals surface area contributed by atoms with Crippen molar-refractivity contribution in [3.63, 3.8) is 0 Å². The maximum absolute atomic E-state index is 12.7. The second-order valence-electron chi connectivity index (χ2n) is 2.69. The third-order valence-electron chi connectivity index (χ3n) is 1.63. The highest BCUT2D eigenvalue weighted by atomic mass is 19.1. The molecule has 0 bridgehead atoms. The third-order valence-corrected chi connectivity index (χ3v) is 1.63. The fourth-order valence-corrected chi connectivity index (χ4v) is 0.946. The molecular weight excluding hydrogens is 187 g/mol. The molecule has 0 aliphatic heterocycles. The summed E-state index contributed by atoms with van der Waals surface area (Å²) < 4.78 is 12.7. The molecule has 0 unspecified atom stereocenters. The number of halogens is 1. The number of amides is 1. The number of carbonyl (C=O) groups excluding carboxylic acids is 1. The molecule has 0 atom stereocenters. The maximum atomic E-state index is 12.7. The van der Waals surface area contributed by atoms with Crippen LogP contribution >= 0.6 is 0 Å². The summed E-state index contributed by atoms with van der Waals surface area (Å²) in [5.74, 6) is -1.05. The van der Waals surface area contributed by atoms with Gasteiger partial charge in [-0.1, -0.05) is 11.2 Å². The Bertz CT molecular complexity index is 377. The van der Waals surface area contributed by atoms with Crippen molar-refractivity contribution >= 4 is 17.8 Å². The number of carbonyl (C=O) groups is 1. The SMILES string of the molecule is Cc1ccc(F)cc1NC(=O)/C=N/O. The molecule has 0 spiro atoms. The van der Waals surface area contributed by atoms with Crippen LogP contribution in [0.25, 0.3) is 0 Å². The summed E-state index contributed by atoms with van der Waals surface area (Å²) in [5.41, 5.74) is 1.08. The molecule has 1 aromatic carbocycles. The highest BCUT2D eigenvalue weighted by Gasteiger charge is 2.03. The summed E-state index contributed by atoms with van der Waals surface area (Å²) >= 11 is 0. The van der Waals surface area contributed by atoms with E-state index in [2.05, 4.69) is 10.5 Å². The van der Waals surface area contributed by atoms with Gasteiger partial charge in [0.25, 0.3) is 5.91 Å². The van der Waals surface area contributed by atoms with Crippen molar-refractivity contribution in [2.24, 2.45) is 5.16 Å². The van der Waals surface area contributed by atoms with Crippen LogP contribution in [-0.4, -0.2) is 17.3 Å². The second kappa shape index (κ2) is 4.36. The van der Waals surface area contributed by atoms with Crippen LogP contribution < -0.4 is 5.32 Å². The van der Waals surface area contributed by atoms with Gasteiger partial charge in [-0.3, -0.25) is 4.79 Å². The van der Waals surface area contributed by atoms with Gasteiger partial charge in [-0.25, -0.2) is 4.39 Å². The minimum absolute atomic E-state index is 0.356. The average Bonchev–Trinajstić information content (AvgIpc) is 2.12. The zero-order valence-electron chi connectivity index (χ0n) is 7.49. The van der Waals surface area contributed by atoms with Gasteiger partial charge >= 0.3 is 0 Å². The summed E-state index contributed by atoms with van der Waals surface area (Å²) in [7, 11) is 0. The number of rotatable bonds is 2. The molecule has 74 valence electrons. The number of hydrogen-bond donors (Lipinski definition) is 2. The third kappa shape index (κ3) is 2.55. The van der Waals surface area contributed by atoms with E-state index < -0.39 is 11.7 Å². The first-order chi connectivity index (χ1) is 6.63. The standard InChI is InChI=1S/C9H9FN2O2/c1-6-2-3-7(10)4-8(6)12-9(13)5-11-14/h2-5,14H,1H3,(H,12,13)/b11-5+. The lowest BCUT2D eigenvalue weighted by Gasteiger charge is -2.05. The first-order valence-corrected chi connectivity index (χ1v) is 3.88. The van der Waals surface area contributed by atoms with Gasteiger partial charge in [0, 0.05) is 5.69 Å². The molecule has 0 heterocycles. The van der Waals surface area contributed by atoms with Crippen molar-refractivity contribution in [1.29, 1.82) is 0 Å². The largest absolute Gasteiger partial charge is 0.411 e. The number of nitrogens with zero attached hydrogens (tertiary/aromatic N) is 1. The van der Waals surface area contributed by atoms with Crippen LogP contribution in [-0.2, 0) is 4.79 Å². The molecule has 0 fully saturated rings. The molecule has 5 heteroatoms. The Hall–Kier alpha value is -1.91. The van der Waals surface area contributed by atoms with Crippen LogP contribution in [0.5, 0.6) is 0 Å². The summed E-state index contributed by atoms with van der Waals surface area (Å²) in [4.78, 5) is 10.9. The molecular formula is C9H9FN2O2. The summed E-state index contributed by atoms with van der Waals surface area (Å²) in [6.07, 6.45) is 0.699. The first-order valence-electron chi connectivity index (χ1n) is 3.88. The highest BCUT2D eigenvalue weighted by Crippen LogP contribution is 2.15. The van der Waals surface area contributed by atoms with E-state index in [1.807, 2.05) is 0 Å². The van der Waals surface area contributed by atoms with E-state index in [4.69, 9.17) is 5.21 Å². The van der Waals surface area contributed by atoms with E-state index in [0.717, 1.165) is 5.56 Å². The molecule has 0 saturated carbocycles. The molecule has 0 saturated heterocycles. The Labute approximate surface area is 80.0 Å². The van der Waals surface area contributed by atoms with Gasteiger partial charge in [-0.15, -0.1) is 0 Å². The lowest BCUT2D eigenvalue weighted by Crippen LogP contribution is -2.13. The smallest absolute Gasteiger partial charge is 0.270 e. The van der Waals surface area contributed by atoms with Crippen molar-refractivity contribution in [3.05, 3.63) is 29.6 Å². The summed E-state index contributed by atoms with van der Waals surface area (Å²) in [6.45, 7) is 1.73. The van der Waals surface area contributed by atoms with E-state index in [1.54, 1.807) is 13.0 Å². The molecule has 1 aromatic rings. The lowest BCUT2D eigenvalue weighted by atomic mass is 10.2. The highest BCUT2D eigenvalue weighted by molar-refractivity contribution is 6.31. The van der Waals surface area contributed by atoms with E-state index in [0.29, 0.717) is 11.9 Å². The Morgan fingerprint density at radius 3 is 3.00 bits per heavy atom. The van der Waals surface area contributed by atoms with Crippen molar-refractivity contribution in [3.8, 4) is 0 Å². The predicted octanol–water partition coefficient (Wildman–Crippen LogP) is 1.53. The first kappa shape index (κ1) is 10.2. The van der Waals surface area contributed by atoms with Crippen LogP contribution in [0.3, 0.4) is 0 Å². The molecule has 1 rings (SSSR count). The van der Waals surface area contributed by atoms with Gasteiger partial charge in [-0.2, -0.15) is 0 Å². The fraction of sp³-hybridized carbons (Fsp3) is 0.111. The Balaban J connectivity index is 2.85. The van der Waals surface area contributed by atoms with Gasteiger partial charge < -0.3 is 10.5 Å². The van der Waals surface area contributed by atoms with Gasteiger partial charge in [0.1, 0.15) is 12.0 Å². The summed E-state index contributed by atoms with van der Waals surface area (Å²) in [5, 5.41) is 13.0. The Morgan fingerprint density at radius 2 is 2.36 bits per heavy atom. The number of anilines is 1. The molecule has 4 nitrogen and oxygen atoms in total. The second-order valence-corrected chi connectivity index (χ2v) is 2.69. The van der Waals surface area contributed by atoms with Crippen LogP contribution in [0.1, 0.15) is 5.56 Å². The topological polar surface area (TPSA) is 61.7 Å². The minimum Gasteiger partial charge on any atom is -0.411 e. The molecule has 0 aliphatic carbocycles. The monoisotopic (exact) mass is 196 g/mol. The Kier molecular flexibility index (Phi) is 3.17. The van der Waals surface area contributed by atoms with Crippen LogP contribution in [0.2, 0.25) is 0 Å². The molecule has 0 radical (unpaired) electrons. The number of nitrogens with one attached hydrogen (secondary N) is 1. The number of oxime groups is 1. The quantitative estimate of drug-likeness (QED) is 0.428. The van der Waals surface area contributed by atoms with E-state index >= 15 is 0 Å². The predicted molar refractivity (Wildman–Crippen MR) is 50.0 cm³/mol. The Morgan fingerprint density at radius 1 is 1.64 bits per heavy atom. The van der Waals surface area contributed by atoms with Gasteiger partial charge in [0.15, 0.2) is 0 Å². The van der Waals surface area contributed by atoms with Crippen molar-refractivity contribution in [1.82, 2.24) is 0 Å². The van der Waals surface area contributed by atoms with E-state index in [1.165, 1.54) is 12.1 Å². The van der Waals surface area contributed by atoms with Crippen LogP contribution in [0.15, 0.2) is 23.4 Å². The molecule has 2 N–H and O–H groups in total. The lowest BCUT2D eigenvalue weighted by molar-refractivity contribution is -0.110. The van der Waals surface area contributed by atoms with Crippen molar-refractivity contribution in [2.75, 3.05) is 5.32 Å². The van der Waals surface area contributed by atoms with Gasteiger partial charge in [0.2, 0.25) is 0 Å². The fourth-order valence-electron chi connectivity index (χ4n) is 0.946. The van der Waals surface area contributed by atoms with Crippen molar-refractivity contribution in [2.45, 2.75) is 6.92 Å². The van der Waals surface area contributed by atoms with Gasteiger partial charge in [0.05, 0.1) is 0 Å². The minimum atomic E-state index is -0.610. The van der Waals surface area contributed by atoms with E-state index in [-0.39, 0.29) is 0 Å². The average molecular weight is 196 g/mol. The molecule has 0 aromatic heterocycles. The van der Waals surface area contributed by atoms with Crippen LogP contribution in [0, 0.1) is 12.7 Å². The van der Waals surface area contributed by atoms with E-state index in [9.17, 15) is 9.18 Å². The normalized spacial score (nSPS) is 10.4. The van der Waals surface area contributed by atoms with Crippen LogP contribution in [0.4, 0.5) is 10.1 Å². The van der Waals surface area contributed by atoms with Crippen molar-refractivity contribution < 1.29 is 14.4 Å². The molecule has 14 heavy (non-hydrogen) atoms. The maximum Gasteiger partial charge on any atom is 0.270 e. The molecule has 0 aliphatic rings. The van der Waals surface area contributed by atoms with Gasteiger partial charge in [-0.05, 0) is 24.6 Å². The zero-order valence-corrected chi connectivity index (χ0v) is 7.49.